The van der Waals surface area contributed by atoms with Crippen LogP contribution in [0.15, 0.2) is 0 Å². The highest BCUT2D eigenvalue weighted by Crippen LogP contribution is 2.37. The first kappa shape index (κ1) is 14.9. The molecule has 3 nitrogen and oxygen atoms in total. The van der Waals surface area contributed by atoms with Crippen molar-refractivity contribution in [1.29, 1.82) is 0 Å². The molecule has 0 bridgehead atoms. The summed E-state index contributed by atoms with van der Waals surface area (Å²) in [6.07, 6.45) is 5.26. The fraction of sp³-hybridized carbons (Fsp3) is 1.00. The Hall–Kier alpha value is -0.120. The SMILES string of the molecule is CCC(C)C(CN)N(C)CC1(N(C)C)CCC1. The van der Waals surface area contributed by atoms with Gasteiger partial charge >= 0.3 is 0 Å². The molecular weight excluding hydrogens is 210 g/mol. The topological polar surface area (TPSA) is 32.5 Å². The number of nitrogens with two attached hydrogens (primary N) is 1. The van der Waals surface area contributed by atoms with Crippen molar-refractivity contribution in [2.24, 2.45) is 11.7 Å². The molecule has 1 rings (SSSR count). The van der Waals surface area contributed by atoms with E-state index >= 15 is 0 Å². The lowest BCUT2D eigenvalue weighted by Gasteiger charge is -2.50. The maximum Gasteiger partial charge on any atom is 0.0330 e. The van der Waals surface area contributed by atoms with Crippen LogP contribution >= 0.6 is 0 Å². The zero-order chi connectivity index (χ0) is 13.1. The van der Waals surface area contributed by atoms with Crippen LogP contribution in [0.25, 0.3) is 0 Å². The smallest absolute Gasteiger partial charge is 0.0330 e. The lowest BCUT2D eigenvalue weighted by molar-refractivity contribution is 0.00977. The Morgan fingerprint density at radius 2 is 1.82 bits per heavy atom. The van der Waals surface area contributed by atoms with Gasteiger partial charge in [0.1, 0.15) is 0 Å². The maximum absolute atomic E-state index is 5.95. The fourth-order valence-corrected chi connectivity index (χ4v) is 3.03. The van der Waals surface area contributed by atoms with Crippen molar-refractivity contribution in [3.63, 3.8) is 0 Å². The molecule has 0 radical (unpaired) electrons. The lowest BCUT2D eigenvalue weighted by atomic mass is 9.75. The fourth-order valence-electron chi connectivity index (χ4n) is 3.03. The standard InChI is InChI=1S/C14H31N3/c1-6-12(2)13(10-15)17(5)11-14(16(3)4)8-7-9-14/h12-13H,6-11,15H2,1-5H3. The normalized spacial score (nSPS) is 22.6. The molecule has 0 saturated heterocycles. The Morgan fingerprint density at radius 3 is 2.12 bits per heavy atom. The zero-order valence-corrected chi connectivity index (χ0v) is 12.4. The summed E-state index contributed by atoms with van der Waals surface area (Å²) in [7, 11) is 6.68. The molecular formula is C14H31N3. The van der Waals surface area contributed by atoms with Crippen LogP contribution in [0.4, 0.5) is 0 Å². The highest BCUT2D eigenvalue weighted by atomic mass is 15.2. The van der Waals surface area contributed by atoms with Gasteiger partial charge in [0, 0.05) is 24.7 Å². The quantitative estimate of drug-likeness (QED) is 0.737. The maximum atomic E-state index is 5.95. The summed E-state index contributed by atoms with van der Waals surface area (Å²) in [5, 5.41) is 0. The number of hydrogen-bond donors (Lipinski definition) is 1. The summed E-state index contributed by atoms with van der Waals surface area (Å²) >= 11 is 0. The molecule has 1 saturated carbocycles. The Kier molecular flexibility index (Phi) is 5.42. The molecule has 0 heterocycles. The van der Waals surface area contributed by atoms with Gasteiger partial charge in [-0.3, -0.25) is 0 Å². The Balaban J connectivity index is 2.59. The first-order valence-corrected chi connectivity index (χ1v) is 7.04. The summed E-state index contributed by atoms with van der Waals surface area (Å²) in [6, 6.07) is 0.525. The second kappa shape index (κ2) is 6.17. The van der Waals surface area contributed by atoms with Crippen LogP contribution in [0, 0.1) is 5.92 Å². The van der Waals surface area contributed by atoms with Crippen molar-refractivity contribution in [2.75, 3.05) is 34.2 Å². The summed E-state index contributed by atoms with van der Waals surface area (Å²) in [5.74, 6) is 0.685. The third-order valence-electron chi connectivity index (χ3n) is 4.89. The van der Waals surface area contributed by atoms with Crippen LogP contribution in [0.3, 0.4) is 0 Å². The molecule has 1 fully saturated rings. The highest BCUT2D eigenvalue weighted by Gasteiger charge is 2.40. The summed E-state index contributed by atoms with van der Waals surface area (Å²) in [6.45, 7) is 6.50. The molecule has 0 aromatic carbocycles. The van der Waals surface area contributed by atoms with Crippen molar-refractivity contribution in [1.82, 2.24) is 9.80 Å². The number of nitrogens with zero attached hydrogens (tertiary/aromatic N) is 2. The minimum absolute atomic E-state index is 0.412. The van der Waals surface area contributed by atoms with Crippen LogP contribution in [0.1, 0.15) is 39.5 Å². The average molecular weight is 241 g/mol. The minimum Gasteiger partial charge on any atom is -0.329 e. The van der Waals surface area contributed by atoms with Gasteiger partial charge in [-0.1, -0.05) is 20.3 Å². The van der Waals surface area contributed by atoms with Gasteiger partial charge in [0.05, 0.1) is 0 Å². The van der Waals surface area contributed by atoms with Crippen LogP contribution in [-0.4, -0.2) is 55.6 Å². The predicted molar refractivity (Wildman–Crippen MR) is 75.2 cm³/mol. The van der Waals surface area contributed by atoms with E-state index < -0.39 is 0 Å². The minimum atomic E-state index is 0.412. The van der Waals surface area contributed by atoms with Crippen molar-refractivity contribution < 1.29 is 0 Å². The van der Waals surface area contributed by atoms with Crippen molar-refractivity contribution >= 4 is 0 Å². The van der Waals surface area contributed by atoms with E-state index in [-0.39, 0.29) is 0 Å². The highest BCUT2D eigenvalue weighted by molar-refractivity contribution is 4.99. The van der Waals surface area contributed by atoms with E-state index in [1.807, 2.05) is 0 Å². The van der Waals surface area contributed by atoms with Crippen LogP contribution in [0.2, 0.25) is 0 Å². The molecule has 2 atom stereocenters. The number of rotatable bonds is 7. The van der Waals surface area contributed by atoms with E-state index in [1.165, 1.54) is 25.7 Å². The Bertz CT molecular complexity index is 224. The van der Waals surface area contributed by atoms with Gasteiger partial charge < -0.3 is 15.5 Å². The third-order valence-corrected chi connectivity index (χ3v) is 4.89. The molecule has 17 heavy (non-hydrogen) atoms. The average Bonchev–Trinajstić information content (AvgIpc) is 2.23. The molecule has 0 aliphatic heterocycles. The molecule has 0 amide bonds. The van der Waals surface area contributed by atoms with Crippen LogP contribution in [-0.2, 0) is 0 Å². The largest absolute Gasteiger partial charge is 0.329 e. The second-order valence-corrected chi connectivity index (χ2v) is 6.08. The van der Waals surface area contributed by atoms with Crippen molar-refractivity contribution in [3.05, 3.63) is 0 Å². The second-order valence-electron chi connectivity index (χ2n) is 6.08. The number of hydrogen-bond acceptors (Lipinski definition) is 3. The summed E-state index contributed by atoms with van der Waals surface area (Å²) in [5.41, 5.74) is 6.36. The Morgan fingerprint density at radius 1 is 1.24 bits per heavy atom. The molecule has 2 unspecified atom stereocenters. The zero-order valence-electron chi connectivity index (χ0n) is 12.4. The van der Waals surface area contributed by atoms with Crippen LogP contribution in [0.5, 0.6) is 0 Å². The summed E-state index contributed by atoms with van der Waals surface area (Å²) < 4.78 is 0. The first-order chi connectivity index (χ1) is 7.96. The summed E-state index contributed by atoms with van der Waals surface area (Å²) in [4.78, 5) is 4.91. The molecule has 3 heteroatoms. The molecule has 102 valence electrons. The van der Waals surface area contributed by atoms with Gasteiger partial charge in [-0.25, -0.2) is 0 Å². The lowest BCUT2D eigenvalue weighted by Crippen LogP contribution is -2.59. The molecule has 1 aliphatic carbocycles. The molecule has 2 N–H and O–H groups in total. The van der Waals surface area contributed by atoms with E-state index in [2.05, 4.69) is 44.8 Å². The molecule has 0 aromatic heterocycles. The van der Waals surface area contributed by atoms with Gasteiger partial charge in [-0.15, -0.1) is 0 Å². The first-order valence-electron chi connectivity index (χ1n) is 7.04. The van der Waals surface area contributed by atoms with E-state index in [9.17, 15) is 0 Å². The van der Waals surface area contributed by atoms with E-state index in [4.69, 9.17) is 5.73 Å². The van der Waals surface area contributed by atoms with Crippen molar-refractivity contribution in [2.45, 2.75) is 51.1 Å². The van der Waals surface area contributed by atoms with Gasteiger partial charge in [0.2, 0.25) is 0 Å². The van der Waals surface area contributed by atoms with Gasteiger partial charge in [-0.2, -0.15) is 0 Å². The monoisotopic (exact) mass is 241 g/mol. The van der Waals surface area contributed by atoms with Crippen molar-refractivity contribution in [3.8, 4) is 0 Å². The third kappa shape index (κ3) is 3.21. The van der Waals surface area contributed by atoms with E-state index in [1.54, 1.807) is 0 Å². The molecule has 0 aromatic rings. The molecule has 0 spiro atoms. The molecule has 1 aliphatic rings. The van der Waals surface area contributed by atoms with E-state index in [0.29, 0.717) is 17.5 Å². The number of likely N-dealkylation sites (N-methyl/N-ethyl adjacent to an activating group) is 2. The predicted octanol–water partition coefficient (Wildman–Crippen LogP) is 1.78. The van der Waals surface area contributed by atoms with E-state index in [0.717, 1.165) is 13.1 Å². The van der Waals surface area contributed by atoms with Crippen LogP contribution < -0.4 is 5.73 Å². The Labute approximate surface area is 107 Å². The van der Waals surface area contributed by atoms with Gasteiger partial charge in [-0.05, 0) is 46.3 Å². The van der Waals surface area contributed by atoms with Gasteiger partial charge in [0.15, 0.2) is 0 Å². The van der Waals surface area contributed by atoms with Gasteiger partial charge in [0.25, 0.3) is 0 Å².